The van der Waals surface area contributed by atoms with E-state index in [4.69, 9.17) is 4.74 Å². The highest BCUT2D eigenvalue weighted by atomic mass is 19.2. The van der Waals surface area contributed by atoms with Gasteiger partial charge in [-0.1, -0.05) is 25.3 Å². The first-order valence-corrected chi connectivity index (χ1v) is 7.90. The van der Waals surface area contributed by atoms with E-state index in [1.54, 1.807) is 6.07 Å². The third-order valence-electron chi connectivity index (χ3n) is 4.81. The first-order chi connectivity index (χ1) is 10.2. The molecule has 1 nitrogen and oxygen atoms in total. The van der Waals surface area contributed by atoms with Crippen molar-refractivity contribution in [2.45, 2.75) is 44.9 Å². The van der Waals surface area contributed by atoms with Gasteiger partial charge in [-0.3, -0.25) is 0 Å². The van der Waals surface area contributed by atoms with Gasteiger partial charge in [0.1, 0.15) is 0 Å². The first-order valence-electron chi connectivity index (χ1n) is 7.90. The molecule has 2 aliphatic rings. The summed E-state index contributed by atoms with van der Waals surface area (Å²) in [6, 6.07) is 3.14. The summed E-state index contributed by atoms with van der Waals surface area (Å²) in [6.07, 6.45) is 10.5. The van der Waals surface area contributed by atoms with Gasteiger partial charge in [-0.25, -0.2) is 4.39 Å². The van der Waals surface area contributed by atoms with Gasteiger partial charge in [-0.05, 0) is 55.2 Å². The fourth-order valence-corrected chi connectivity index (χ4v) is 3.21. The van der Waals surface area contributed by atoms with E-state index in [0.29, 0.717) is 5.56 Å². The molecule has 114 valence electrons. The van der Waals surface area contributed by atoms with Crippen LogP contribution in [-0.2, 0) is 0 Å². The van der Waals surface area contributed by atoms with E-state index in [0.717, 1.165) is 36.7 Å². The topological polar surface area (TPSA) is 9.23 Å². The van der Waals surface area contributed by atoms with Crippen LogP contribution < -0.4 is 4.74 Å². The third-order valence-corrected chi connectivity index (χ3v) is 4.81. The van der Waals surface area contributed by atoms with Crippen molar-refractivity contribution in [3.05, 3.63) is 35.4 Å². The number of benzene rings is 1. The van der Waals surface area contributed by atoms with Crippen LogP contribution in [0.15, 0.2) is 18.2 Å². The Morgan fingerprint density at radius 1 is 1.05 bits per heavy atom. The lowest BCUT2D eigenvalue weighted by atomic mass is 9.83. The second-order valence-electron chi connectivity index (χ2n) is 6.33. The van der Waals surface area contributed by atoms with Gasteiger partial charge in [0.2, 0.25) is 5.82 Å². The molecular weight excluding hydrogens is 270 g/mol. The molecule has 1 aromatic rings. The van der Waals surface area contributed by atoms with E-state index < -0.39 is 11.6 Å². The summed E-state index contributed by atoms with van der Waals surface area (Å²) < 4.78 is 32.7. The van der Waals surface area contributed by atoms with E-state index in [1.807, 2.05) is 0 Å². The number of hydrogen-bond acceptors (Lipinski definition) is 1. The number of allylic oxidation sites excluding steroid dienone is 2. The van der Waals surface area contributed by atoms with E-state index in [2.05, 4.69) is 6.08 Å². The number of ether oxygens (including phenoxy) is 1. The summed E-state index contributed by atoms with van der Waals surface area (Å²) in [5.74, 6) is 0.00256. The molecule has 1 fully saturated rings. The zero-order valence-electron chi connectivity index (χ0n) is 12.5. The van der Waals surface area contributed by atoms with E-state index >= 15 is 0 Å². The van der Waals surface area contributed by atoms with Crippen molar-refractivity contribution in [1.29, 1.82) is 0 Å². The van der Waals surface area contributed by atoms with E-state index in [1.165, 1.54) is 38.9 Å². The highest BCUT2D eigenvalue weighted by molar-refractivity contribution is 5.67. The molecule has 0 radical (unpaired) electrons. The van der Waals surface area contributed by atoms with Gasteiger partial charge in [0.25, 0.3) is 0 Å². The Hall–Kier alpha value is -1.38. The fourth-order valence-electron chi connectivity index (χ4n) is 3.21. The van der Waals surface area contributed by atoms with Crippen LogP contribution in [-0.4, -0.2) is 7.11 Å². The van der Waals surface area contributed by atoms with E-state index in [9.17, 15) is 8.78 Å². The van der Waals surface area contributed by atoms with Crippen molar-refractivity contribution < 1.29 is 13.5 Å². The van der Waals surface area contributed by atoms with Crippen LogP contribution >= 0.6 is 0 Å². The Kier molecular flexibility index (Phi) is 4.27. The standard InChI is InChI=1S/C18H22F2O/c1-21-16-11-10-15(17(19)18(16)20)14-8-6-13(7-9-14)5-4-12-2-3-12/h8,10-13H,2-7,9H2,1H3. The molecule has 1 saturated carbocycles. The zero-order valence-corrected chi connectivity index (χ0v) is 12.5. The molecule has 0 heterocycles. The summed E-state index contributed by atoms with van der Waals surface area (Å²) in [5, 5.41) is 0. The molecule has 0 spiro atoms. The van der Waals surface area contributed by atoms with Crippen LogP contribution in [0.5, 0.6) is 5.75 Å². The predicted molar refractivity (Wildman–Crippen MR) is 80.2 cm³/mol. The van der Waals surface area contributed by atoms with Crippen molar-refractivity contribution in [3.8, 4) is 5.75 Å². The van der Waals surface area contributed by atoms with Crippen molar-refractivity contribution in [1.82, 2.24) is 0 Å². The van der Waals surface area contributed by atoms with Crippen LogP contribution in [0.4, 0.5) is 8.78 Å². The van der Waals surface area contributed by atoms with Crippen molar-refractivity contribution in [3.63, 3.8) is 0 Å². The van der Waals surface area contributed by atoms with Crippen LogP contribution in [0.25, 0.3) is 5.57 Å². The molecule has 1 aromatic carbocycles. The molecule has 0 bridgehead atoms. The number of hydrogen-bond donors (Lipinski definition) is 0. The van der Waals surface area contributed by atoms with Gasteiger partial charge in [0, 0.05) is 5.56 Å². The van der Waals surface area contributed by atoms with Gasteiger partial charge < -0.3 is 4.74 Å². The van der Waals surface area contributed by atoms with Gasteiger partial charge in [0.15, 0.2) is 11.6 Å². The van der Waals surface area contributed by atoms with Crippen LogP contribution in [0.1, 0.15) is 50.5 Å². The van der Waals surface area contributed by atoms with E-state index in [-0.39, 0.29) is 5.75 Å². The third kappa shape index (κ3) is 3.28. The zero-order chi connectivity index (χ0) is 14.8. The lowest BCUT2D eigenvalue weighted by molar-refractivity contribution is 0.371. The molecule has 3 heteroatoms. The molecule has 0 N–H and O–H groups in total. The van der Waals surface area contributed by atoms with Gasteiger partial charge in [-0.15, -0.1) is 0 Å². The molecule has 1 unspecified atom stereocenters. The molecule has 0 aliphatic heterocycles. The maximum Gasteiger partial charge on any atom is 0.201 e. The Bertz CT molecular complexity index is 546. The molecule has 1 atom stereocenters. The second-order valence-corrected chi connectivity index (χ2v) is 6.33. The van der Waals surface area contributed by atoms with Crippen LogP contribution in [0.3, 0.4) is 0 Å². The fraction of sp³-hybridized carbons (Fsp3) is 0.556. The summed E-state index contributed by atoms with van der Waals surface area (Å²) in [5.41, 5.74) is 1.34. The van der Waals surface area contributed by atoms with Crippen molar-refractivity contribution in [2.75, 3.05) is 7.11 Å². The smallest absolute Gasteiger partial charge is 0.201 e. The summed E-state index contributed by atoms with van der Waals surface area (Å²) in [6.45, 7) is 0. The van der Waals surface area contributed by atoms with Crippen LogP contribution in [0, 0.1) is 23.5 Å². The molecule has 0 aromatic heterocycles. The first kappa shape index (κ1) is 14.6. The maximum absolute atomic E-state index is 14.1. The summed E-state index contributed by atoms with van der Waals surface area (Å²) >= 11 is 0. The Labute approximate surface area is 125 Å². The predicted octanol–water partition coefficient (Wildman–Crippen LogP) is 5.35. The van der Waals surface area contributed by atoms with Crippen molar-refractivity contribution in [2.24, 2.45) is 11.8 Å². The van der Waals surface area contributed by atoms with Crippen LogP contribution in [0.2, 0.25) is 0 Å². The van der Waals surface area contributed by atoms with Gasteiger partial charge in [-0.2, -0.15) is 4.39 Å². The monoisotopic (exact) mass is 292 g/mol. The van der Waals surface area contributed by atoms with Crippen molar-refractivity contribution >= 4 is 5.57 Å². The molecular formula is C18H22F2O. The number of methoxy groups -OCH3 is 1. The summed E-state index contributed by atoms with van der Waals surface area (Å²) in [7, 11) is 1.35. The average molecular weight is 292 g/mol. The Morgan fingerprint density at radius 2 is 1.81 bits per heavy atom. The largest absolute Gasteiger partial charge is 0.494 e. The second kappa shape index (κ2) is 6.17. The highest BCUT2D eigenvalue weighted by Gasteiger charge is 2.24. The summed E-state index contributed by atoms with van der Waals surface area (Å²) in [4.78, 5) is 0. The highest BCUT2D eigenvalue weighted by Crippen LogP contribution is 2.39. The minimum Gasteiger partial charge on any atom is -0.494 e. The lowest BCUT2D eigenvalue weighted by Gasteiger charge is -2.22. The SMILES string of the molecule is COc1ccc(C2=CCC(CCC3CC3)CC2)c(F)c1F. The molecule has 0 saturated heterocycles. The average Bonchev–Trinajstić information content (AvgIpc) is 3.33. The lowest BCUT2D eigenvalue weighted by Crippen LogP contribution is -2.07. The normalized spacial score (nSPS) is 22.0. The molecule has 3 rings (SSSR count). The number of halogens is 2. The van der Waals surface area contributed by atoms with Gasteiger partial charge >= 0.3 is 0 Å². The molecule has 21 heavy (non-hydrogen) atoms. The minimum absolute atomic E-state index is 0.0324. The quantitative estimate of drug-likeness (QED) is 0.711. The molecule has 2 aliphatic carbocycles. The Balaban J connectivity index is 1.68. The number of rotatable bonds is 5. The maximum atomic E-state index is 14.1. The molecule has 0 amide bonds. The Morgan fingerprint density at radius 3 is 2.43 bits per heavy atom. The minimum atomic E-state index is -0.883. The van der Waals surface area contributed by atoms with Gasteiger partial charge in [0.05, 0.1) is 7.11 Å².